The number of aryl methyl sites for hydroxylation is 1. The van der Waals surface area contributed by atoms with Crippen LogP contribution in [-0.4, -0.2) is 38.0 Å². The topological polar surface area (TPSA) is 66.5 Å². The summed E-state index contributed by atoms with van der Waals surface area (Å²) in [5.74, 6) is -0.0164. The van der Waals surface area contributed by atoms with Crippen LogP contribution in [0.4, 0.5) is 5.69 Å². The Bertz CT molecular complexity index is 630. The Balaban J connectivity index is 2.72. The zero-order valence-corrected chi connectivity index (χ0v) is 15.0. The molecular formula is C15H23ClN2O3S. The van der Waals surface area contributed by atoms with E-state index >= 15 is 0 Å². The van der Waals surface area contributed by atoms with Gasteiger partial charge >= 0.3 is 0 Å². The minimum atomic E-state index is -3.42. The van der Waals surface area contributed by atoms with Gasteiger partial charge in [0.05, 0.1) is 12.8 Å². The van der Waals surface area contributed by atoms with Gasteiger partial charge in [0.1, 0.15) is 0 Å². The molecule has 0 unspecified atom stereocenters. The van der Waals surface area contributed by atoms with Gasteiger partial charge in [-0.1, -0.05) is 31.5 Å². The van der Waals surface area contributed by atoms with E-state index in [1.807, 2.05) is 20.8 Å². The van der Waals surface area contributed by atoms with Crippen molar-refractivity contribution >= 4 is 33.2 Å². The maximum atomic E-state index is 12.1. The minimum Gasteiger partial charge on any atom is -0.325 e. The van der Waals surface area contributed by atoms with Crippen molar-refractivity contribution in [1.29, 1.82) is 0 Å². The molecule has 0 aromatic heterocycles. The van der Waals surface area contributed by atoms with E-state index in [1.165, 1.54) is 4.31 Å². The number of halogens is 1. The SMILES string of the molecule is Cc1ccc(NC(=O)CN(CCC(C)C)S(C)(=O)=O)cc1Cl. The summed E-state index contributed by atoms with van der Waals surface area (Å²) in [7, 11) is -3.42. The molecule has 124 valence electrons. The van der Waals surface area contributed by atoms with Gasteiger partial charge in [-0.25, -0.2) is 8.42 Å². The number of sulfonamides is 1. The van der Waals surface area contributed by atoms with Gasteiger partial charge in [-0.2, -0.15) is 4.31 Å². The van der Waals surface area contributed by atoms with Crippen LogP contribution < -0.4 is 5.32 Å². The number of hydrogen-bond acceptors (Lipinski definition) is 3. The summed E-state index contributed by atoms with van der Waals surface area (Å²) in [6.07, 6.45) is 1.82. The number of nitrogens with zero attached hydrogens (tertiary/aromatic N) is 1. The molecule has 0 heterocycles. The number of nitrogens with one attached hydrogen (secondary N) is 1. The first-order valence-electron chi connectivity index (χ1n) is 7.10. The number of hydrogen-bond donors (Lipinski definition) is 1. The minimum absolute atomic E-state index is 0.197. The van der Waals surface area contributed by atoms with Crippen LogP contribution in [0.15, 0.2) is 18.2 Å². The molecule has 0 radical (unpaired) electrons. The van der Waals surface area contributed by atoms with E-state index in [-0.39, 0.29) is 12.5 Å². The zero-order chi connectivity index (χ0) is 16.9. The average molecular weight is 347 g/mol. The lowest BCUT2D eigenvalue weighted by Gasteiger charge is -2.20. The second-order valence-electron chi connectivity index (χ2n) is 5.79. The number of carbonyl (C=O) groups is 1. The Morgan fingerprint density at radius 1 is 1.36 bits per heavy atom. The summed E-state index contributed by atoms with van der Waals surface area (Å²) < 4.78 is 24.7. The Hall–Kier alpha value is -1.11. The van der Waals surface area contributed by atoms with Crippen LogP contribution >= 0.6 is 11.6 Å². The third-order valence-corrected chi connectivity index (χ3v) is 4.86. The Morgan fingerprint density at radius 2 is 2.00 bits per heavy atom. The molecular weight excluding hydrogens is 324 g/mol. The third kappa shape index (κ3) is 6.34. The molecule has 7 heteroatoms. The van der Waals surface area contributed by atoms with Crippen LogP contribution in [-0.2, 0) is 14.8 Å². The monoisotopic (exact) mass is 346 g/mol. The molecule has 0 saturated heterocycles. The predicted octanol–water partition coefficient (Wildman–Crippen LogP) is 2.89. The fourth-order valence-electron chi connectivity index (χ4n) is 1.80. The summed E-state index contributed by atoms with van der Waals surface area (Å²) in [5, 5.41) is 3.22. The fraction of sp³-hybridized carbons (Fsp3) is 0.533. The number of anilines is 1. The summed E-state index contributed by atoms with van der Waals surface area (Å²) in [6, 6.07) is 5.18. The molecule has 1 amide bonds. The summed E-state index contributed by atoms with van der Waals surface area (Å²) in [5.41, 5.74) is 1.47. The molecule has 1 rings (SSSR count). The van der Waals surface area contributed by atoms with E-state index in [9.17, 15) is 13.2 Å². The van der Waals surface area contributed by atoms with Gasteiger partial charge in [0.2, 0.25) is 15.9 Å². The Kier molecular flexibility index (Phi) is 6.84. The van der Waals surface area contributed by atoms with Crippen molar-refractivity contribution in [2.45, 2.75) is 27.2 Å². The molecule has 1 aromatic rings. The molecule has 5 nitrogen and oxygen atoms in total. The number of rotatable bonds is 7. The molecule has 0 saturated carbocycles. The summed E-state index contributed by atoms with van der Waals surface area (Å²) in [4.78, 5) is 12.1. The standard InChI is InChI=1S/C15H23ClN2O3S/c1-11(2)7-8-18(22(4,20)21)10-15(19)17-13-6-5-12(3)14(16)9-13/h5-6,9,11H,7-8,10H2,1-4H3,(H,17,19). The lowest BCUT2D eigenvalue weighted by atomic mass is 10.1. The number of benzene rings is 1. The van der Waals surface area contributed by atoms with Gasteiger partial charge in [0.25, 0.3) is 0 Å². The zero-order valence-electron chi connectivity index (χ0n) is 13.4. The van der Waals surface area contributed by atoms with Gasteiger partial charge in [0, 0.05) is 17.3 Å². The van der Waals surface area contributed by atoms with Crippen LogP contribution in [0.1, 0.15) is 25.8 Å². The third-order valence-electron chi connectivity index (χ3n) is 3.20. The van der Waals surface area contributed by atoms with Crippen LogP contribution in [0.3, 0.4) is 0 Å². The maximum absolute atomic E-state index is 12.1. The van der Waals surface area contributed by atoms with Gasteiger partial charge in [-0.3, -0.25) is 4.79 Å². The van der Waals surface area contributed by atoms with Gasteiger partial charge in [-0.05, 0) is 37.0 Å². The molecule has 22 heavy (non-hydrogen) atoms. The van der Waals surface area contributed by atoms with E-state index in [1.54, 1.807) is 18.2 Å². The highest BCUT2D eigenvalue weighted by atomic mass is 35.5. The first kappa shape index (κ1) is 18.9. The average Bonchev–Trinajstić information content (AvgIpc) is 2.37. The molecule has 1 N–H and O–H groups in total. The second kappa shape index (κ2) is 7.94. The highest BCUT2D eigenvalue weighted by molar-refractivity contribution is 7.88. The normalized spacial score (nSPS) is 12.0. The fourth-order valence-corrected chi connectivity index (χ4v) is 2.76. The van der Waals surface area contributed by atoms with E-state index < -0.39 is 10.0 Å². The smallest absolute Gasteiger partial charge is 0.239 e. The van der Waals surface area contributed by atoms with Crippen molar-refractivity contribution in [2.24, 2.45) is 5.92 Å². The molecule has 1 aromatic carbocycles. The lowest BCUT2D eigenvalue weighted by molar-refractivity contribution is -0.116. The molecule has 0 aliphatic rings. The van der Waals surface area contributed by atoms with Crippen LogP contribution in [0.25, 0.3) is 0 Å². The van der Waals surface area contributed by atoms with E-state index in [0.717, 1.165) is 11.8 Å². The molecule has 0 fully saturated rings. The van der Waals surface area contributed by atoms with Crippen molar-refractivity contribution in [2.75, 3.05) is 24.7 Å². The molecule has 0 aliphatic heterocycles. The van der Waals surface area contributed by atoms with Crippen molar-refractivity contribution in [3.63, 3.8) is 0 Å². The van der Waals surface area contributed by atoms with E-state index in [4.69, 9.17) is 11.6 Å². The van der Waals surface area contributed by atoms with Gasteiger partial charge < -0.3 is 5.32 Å². The van der Waals surface area contributed by atoms with Gasteiger partial charge in [-0.15, -0.1) is 0 Å². The maximum Gasteiger partial charge on any atom is 0.239 e. The molecule has 0 spiro atoms. The summed E-state index contributed by atoms with van der Waals surface area (Å²) in [6.45, 7) is 6.02. The Morgan fingerprint density at radius 3 is 2.50 bits per heavy atom. The van der Waals surface area contributed by atoms with Gasteiger partial charge in [0.15, 0.2) is 0 Å². The first-order valence-corrected chi connectivity index (χ1v) is 9.33. The lowest BCUT2D eigenvalue weighted by Crippen LogP contribution is -2.38. The number of carbonyl (C=O) groups excluding carboxylic acids is 1. The van der Waals surface area contributed by atoms with Crippen LogP contribution in [0.2, 0.25) is 5.02 Å². The van der Waals surface area contributed by atoms with E-state index in [2.05, 4.69) is 5.32 Å². The first-order chi connectivity index (χ1) is 10.1. The van der Waals surface area contributed by atoms with Crippen molar-refractivity contribution in [3.05, 3.63) is 28.8 Å². The van der Waals surface area contributed by atoms with Crippen molar-refractivity contribution in [3.8, 4) is 0 Å². The molecule has 0 bridgehead atoms. The molecule has 0 aliphatic carbocycles. The van der Waals surface area contributed by atoms with Crippen molar-refractivity contribution < 1.29 is 13.2 Å². The second-order valence-corrected chi connectivity index (χ2v) is 8.18. The largest absolute Gasteiger partial charge is 0.325 e. The van der Waals surface area contributed by atoms with Crippen molar-refractivity contribution in [1.82, 2.24) is 4.31 Å². The quantitative estimate of drug-likeness (QED) is 0.825. The van der Waals surface area contributed by atoms with Crippen LogP contribution in [0.5, 0.6) is 0 Å². The number of amides is 1. The molecule has 0 atom stereocenters. The predicted molar refractivity (Wildman–Crippen MR) is 90.7 cm³/mol. The highest BCUT2D eigenvalue weighted by Gasteiger charge is 2.20. The highest BCUT2D eigenvalue weighted by Crippen LogP contribution is 2.20. The van der Waals surface area contributed by atoms with Crippen LogP contribution in [0, 0.1) is 12.8 Å². The van der Waals surface area contributed by atoms with E-state index in [0.29, 0.717) is 29.6 Å². The Labute approximate surface area is 137 Å². The summed E-state index contributed by atoms with van der Waals surface area (Å²) >= 11 is 6.00.